The van der Waals surface area contributed by atoms with Crippen LogP contribution in [-0.4, -0.2) is 21.3 Å². The van der Waals surface area contributed by atoms with E-state index < -0.39 is 0 Å². The van der Waals surface area contributed by atoms with Crippen molar-refractivity contribution in [2.75, 3.05) is 0 Å². The first-order valence-corrected chi connectivity index (χ1v) is 6.84. The fourth-order valence-corrected chi connectivity index (χ4v) is 1.90. The van der Waals surface area contributed by atoms with Gasteiger partial charge in [0.1, 0.15) is 5.82 Å². The highest BCUT2D eigenvalue weighted by atomic mass is 32.2. The van der Waals surface area contributed by atoms with Crippen LogP contribution >= 0.6 is 11.8 Å². The van der Waals surface area contributed by atoms with Crippen LogP contribution in [0, 0.1) is 0 Å². The van der Waals surface area contributed by atoms with E-state index in [0.717, 1.165) is 30.1 Å². The van der Waals surface area contributed by atoms with Crippen LogP contribution in [0.15, 0.2) is 12.3 Å². The van der Waals surface area contributed by atoms with Crippen molar-refractivity contribution >= 4 is 11.8 Å². The summed E-state index contributed by atoms with van der Waals surface area (Å²) < 4.78 is 0. The summed E-state index contributed by atoms with van der Waals surface area (Å²) in [6.45, 7) is 6.46. The average molecular weight is 239 g/mol. The van der Waals surface area contributed by atoms with E-state index >= 15 is 0 Å². The summed E-state index contributed by atoms with van der Waals surface area (Å²) in [6.07, 6.45) is 3.67. The zero-order valence-electron chi connectivity index (χ0n) is 10.3. The maximum atomic E-state index is 5.91. The van der Waals surface area contributed by atoms with E-state index in [1.807, 2.05) is 24.0 Å². The molecule has 90 valence electrons. The van der Waals surface area contributed by atoms with Crippen LogP contribution in [-0.2, 0) is 12.2 Å². The molecule has 4 heteroatoms. The largest absolute Gasteiger partial charge is 0.327 e. The van der Waals surface area contributed by atoms with Crippen molar-refractivity contribution in [2.45, 2.75) is 50.7 Å². The number of nitrogens with two attached hydrogens (primary N) is 1. The Balaban J connectivity index is 2.56. The van der Waals surface area contributed by atoms with E-state index in [2.05, 4.69) is 30.7 Å². The molecule has 0 bridgehead atoms. The van der Waals surface area contributed by atoms with Gasteiger partial charge in [0.15, 0.2) is 0 Å². The van der Waals surface area contributed by atoms with Gasteiger partial charge >= 0.3 is 0 Å². The number of hydrogen-bond donors (Lipinski definition) is 1. The first-order chi connectivity index (χ1) is 7.61. The third-order valence-corrected chi connectivity index (χ3v) is 3.40. The molecule has 1 aromatic rings. The van der Waals surface area contributed by atoms with Gasteiger partial charge in [0.05, 0.1) is 5.75 Å². The van der Waals surface area contributed by atoms with Gasteiger partial charge in [-0.15, -0.1) is 0 Å². The summed E-state index contributed by atoms with van der Waals surface area (Å²) in [5, 5.41) is 0.616. The lowest BCUT2D eigenvalue weighted by Gasteiger charge is -2.09. The SMILES string of the molecule is CCC(N)Cc1ccnc(CSC(C)C)n1. The normalized spacial score (nSPS) is 13.1. The van der Waals surface area contributed by atoms with Crippen LogP contribution in [0.4, 0.5) is 0 Å². The zero-order chi connectivity index (χ0) is 12.0. The predicted molar refractivity (Wildman–Crippen MR) is 70.4 cm³/mol. The Morgan fingerprint density at radius 1 is 1.44 bits per heavy atom. The van der Waals surface area contributed by atoms with Gasteiger partial charge in [-0.1, -0.05) is 20.8 Å². The Labute approximate surface area is 102 Å². The highest BCUT2D eigenvalue weighted by Gasteiger charge is 2.05. The first-order valence-electron chi connectivity index (χ1n) is 5.79. The van der Waals surface area contributed by atoms with Crippen LogP contribution < -0.4 is 5.73 Å². The van der Waals surface area contributed by atoms with Gasteiger partial charge in [0.2, 0.25) is 0 Å². The summed E-state index contributed by atoms with van der Waals surface area (Å²) in [5.74, 6) is 1.80. The molecule has 0 aliphatic carbocycles. The lowest BCUT2D eigenvalue weighted by Crippen LogP contribution is -2.22. The van der Waals surface area contributed by atoms with E-state index in [1.54, 1.807) is 0 Å². The van der Waals surface area contributed by atoms with E-state index in [-0.39, 0.29) is 6.04 Å². The molecule has 1 atom stereocenters. The molecule has 1 heterocycles. The molecule has 0 radical (unpaired) electrons. The van der Waals surface area contributed by atoms with Gasteiger partial charge in [-0.2, -0.15) is 11.8 Å². The first kappa shape index (κ1) is 13.5. The molecule has 1 unspecified atom stereocenters. The summed E-state index contributed by atoms with van der Waals surface area (Å²) in [6, 6.07) is 2.17. The van der Waals surface area contributed by atoms with Crippen molar-refractivity contribution in [1.29, 1.82) is 0 Å². The third-order valence-electron chi connectivity index (χ3n) is 2.30. The molecular weight excluding hydrogens is 218 g/mol. The highest BCUT2D eigenvalue weighted by Crippen LogP contribution is 2.14. The molecule has 0 aliphatic rings. The Hall–Kier alpha value is -0.610. The minimum absolute atomic E-state index is 0.209. The van der Waals surface area contributed by atoms with E-state index in [0.29, 0.717) is 5.25 Å². The topological polar surface area (TPSA) is 51.8 Å². The molecule has 0 aliphatic heterocycles. The van der Waals surface area contributed by atoms with Gasteiger partial charge in [0.25, 0.3) is 0 Å². The van der Waals surface area contributed by atoms with Gasteiger partial charge in [-0.3, -0.25) is 0 Å². The molecule has 0 amide bonds. The molecule has 0 fully saturated rings. The van der Waals surface area contributed by atoms with Crippen molar-refractivity contribution in [2.24, 2.45) is 5.73 Å². The molecule has 2 N–H and O–H groups in total. The van der Waals surface area contributed by atoms with Crippen molar-refractivity contribution in [3.63, 3.8) is 0 Å². The van der Waals surface area contributed by atoms with Crippen LogP contribution in [0.5, 0.6) is 0 Å². The molecule has 0 aromatic carbocycles. The molecule has 3 nitrogen and oxygen atoms in total. The Bertz CT molecular complexity index is 315. The quantitative estimate of drug-likeness (QED) is 0.828. The van der Waals surface area contributed by atoms with Gasteiger partial charge in [-0.25, -0.2) is 9.97 Å². The van der Waals surface area contributed by atoms with Crippen molar-refractivity contribution in [1.82, 2.24) is 9.97 Å². The minimum Gasteiger partial charge on any atom is -0.327 e. The lowest BCUT2D eigenvalue weighted by molar-refractivity contribution is 0.634. The van der Waals surface area contributed by atoms with Crippen LogP contribution in [0.2, 0.25) is 0 Å². The fourth-order valence-electron chi connectivity index (χ4n) is 1.28. The second-order valence-electron chi connectivity index (χ2n) is 4.20. The van der Waals surface area contributed by atoms with E-state index in [9.17, 15) is 0 Å². The Morgan fingerprint density at radius 3 is 2.81 bits per heavy atom. The molecule has 16 heavy (non-hydrogen) atoms. The fraction of sp³-hybridized carbons (Fsp3) is 0.667. The monoisotopic (exact) mass is 239 g/mol. The Kier molecular flexibility index (Phi) is 5.77. The number of thioether (sulfide) groups is 1. The number of nitrogens with zero attached hydrogens (tertiary/aromatic N) is 2. The molecule has 1 rings (SSSR count). The molecular formula is C12H21N3S. The van der Waals surface area contributed by atoms with Crippen LogP contribution in [0.1, 0.15) is 38.7 Å². The van der Waals surface area contributed by atoms with Crippen molar-refractivity contribution in [3.8, 4) is 0 Å². The molecule has 0 saturated heterocycles. The number of hydrogen-bond acceptors (Lipinski definition) is 4. The van der Waals surface area contributed by atoms with Gasteiger partial charge < -0.3 is 5.73 Å². The maximum absolute atomic E-state index is 5.91. The lowest BCUT2D eigenvalue weighted by atomic mass is 10.1. The second-order valence-corrected chi connectivity index (χ2v) is 5.76. The predicted octanol–water partition coefficient (Wildman–Crippen LogP) is 2.40. The summed E-state index contributed by atoms with van der Waals surface area (Å²) in [5.41, 5.74) is 6.97. The van der Waals surface area contributed by atoms with Crippen molar-refractivity contribution < 1.29 is 0 Å². The maximum Gasteiger partial charge on any atom is 0.138 e. The van der Waals surface area contributed by atoms with Crippen LogP contribution in [0.3, 0.4) is 0 Å². The number of rotatable bonds is 6. The summed E-state index contributed by atoms with van der Waals surface area (Å²) in [4.78, 5) is 8.79. The molecule has 0 saturated carbocycles. The zero-order valence-corrected chi connectivity index (χ0v) is 11.1. The molecule has 0 spiro atoms. The van der Waals surface area contributed by atoms with Crippen molar-refractivity contribution in [3.05, 3.63) is 23.8 Å². The summed E-state index contributed by atoms with van der Waals surface area (Å²) in [7, 11) is 0. The average Bonchev–Trinajstić information content (AvgIpc) is 2.26. The van der Waals surface area contributed by atoms with E-state index in [1.165, 1.54) is 0 Å². The number of aromatic nitrogens is 2. The van der Waals surface area contributed by atoms with Gasteiger partial charge in [0, 0.05) is 24.4 Å². The minimum atomic E-state index is 0.209. The smallest absolute Gasteiger partial charge is 0.138 e. The molecule has 1 aromatic heterocycles. The highest BCUT2D eigenvalue weighted by molar-refractivity contribution is 7.99. The summed E-state index contributed by atoms with van der Waals surface area (Å²) >= 11 is 1.86. The van der Waals surface area contributed by atoms with Crippen LogP contribution in [0.25, 0.3) is 0 Å². The second kappa shape index (κ2) is 6.86. The van der Waals surface area contributed by atoms with Gasteiger partial charge in [-0.05, 0) is 17.7 Å². The standard InChI is InChI=1S/C12H21N3S/c1-4-10(13)7-11-5-6-14-12(15-11)8-16-9(2)3/h5-6,9-10H,4,7-8,13H2,1-3H3. The Morgan fingerprint density at radius 2 is 2.19 bits per heavy atom. The third kappa shape index (κ3) is 4.94. The van der Waals surface area contributed by atoms with E-state index in [4.69, 9.17) is 5.73 Å².